The van der Waals surface area contributed by atoms with Gasteiger partial charge in [0, 0.05) is 6.54 Å². The van der Waals surface area contributed by atoms with E-state index in [0.717, 1.165) is 9.87 Å². The monoisotopic (exact) mass is 297 g/mol. The van der Waals surface area contributed by atoms with Gasteiger partial charge in [-0.25, -0.2) is 8.42 Å². The van der Waals surface area contributed by atoms with E-state index in [2.05, 4.69) is 6.58 Å². The van der Waals surface area contributed by atoms with Gasteiger partial charge in [0.15, 0.2) is 0 Å². The molecule has 0 N–H and O–H groups in total. The number of rotatable bonds is 7. The molecule has 0 saturated carbocycles. The summed E-state index contributed by atoms with van der Waals surface area (Å²) in [6, 6.07) is 6.54. The van der Waals surface area contributed by atoms with Crippen LogP contribution in [0.25, 0.3) is 0 Å². The Bertz CT molecular complexity index is 581. The Labute approximate surface area is 119 Å². The Morgan fingerprint density at radius 2 is 2.15 bits per heavy atom. The van der Waals surface area contributed by atoms with Crippen molar-refractivity contribution in [2.75, 3.05) is 19.7 Å². The van der Waals surface area contributed by atoms with Crippen molar-refractivity contribution in [1.82, 2.24) is 4.31 Å². The van der Waals surface area contributed by atoms with Crippen molar-refractivity contribution in [3.05, 3.63) is 42.5 Å². The molecule has 1 aromatic carbocycles. The molecular weight excluding hydrogens is 278 g/mol. The lowest BCUT2D eigenvalue weighted by atomic mass is 10.2. The fourth-order valence-electron chi connectivity index (χ4n) is 1.67. The summed E-state index contributed by atoms with van der Waals surface area (Å²) in [4.78, 5) is 11.7. The molecule has 1 rings (SSSR count). The van der Waals surface area contributed by atoms with E-state index in [-0.39, 0.29) is 24.6 Å². The predicted octanol–water partition coefficient (Wildman–Crippen LogP) is 1.73. The highest BCUT2D eigenvalue weighted by atomic mass is 32.2. The van der Waals surface area contributed by atoms with Crippen molar-refractivity contribution in [1.29, 1.82) is 0 Å². The summed E-state index contributed by atoms with van der Waals surface area (Å²) in [5, 5.41) is 0. The Morgan fingerprint density at radius 1 is 1.45 bits per heavy atom. The minimum Gasteiger partial charge on any atom is -0.465 e. The Morgan fingerprint density at radius 3 is 2.70 bits per heavy atom. The van der Waals surface area contributed by atoms with Crippen molar-refractivity contribution in [3.63, 3.8) is 0 Å². The average molecular weight is 297 g/mol. The van der Waals surface area contributed by atoms with Crippen LogP contribution in [-0.4, -0.2) is 38.4 Å². The van der Waals surface area contributed by atoms with Crippen LogP contribution >= 0.6 is 0 Å². The summed E-state index contributed by atoms with van der Waals surface area (Å²) in [6.07, 6.45) is 1.44. The molecule has 6 heteroatoms. The largest absolute Gasteiger partial charge is 0.465 e. The van der Waals surface area contributed by atoms with Gasteiger partial charge in [0.2, 0.25) is 10.0 Å². The second-order valence-electron chi connectivity index (χ2n) is 4.21. The Balaban J connectivity index is 3.06. The summed E-state index contributed by atoms with van der Waals surface area (Å²) in [5.74, 6) is -0.578. The molecule has 0 aromatic heterocycles. The third-order valence-electron chi connectivity index (χ3n) is 2.57. The van der Waals surface area contributed by atoms with E-state index in [4.69, 9.17) is 4.74 Å². The van der Waals surface area contributed by atoms with Crippen molar-refractivity contribution >= 4 is 16.0 Å². The number of hydrogen-bond donors (Lipinski definition) is 0. The molecule has 0 fully saturated rings. The molecule has 0 unspecified atom stereocenters. The molecule has 0 aliphatic carbocycles. The molecule has 20 heavy (non-hydrogen) atoms. The van der Waals surface area contributed by atoms with Gasteiger partial charge in [-0.1, -0.05) is 18.2 Å². The van der Waals surface area contributed by atoms with Crippen LogP contribution in [0.3, 0.4) is 0 Å². The molecular formula is C14H19NO4S. The minimum atomic E-state index is -3.74. The molecule has 0 amide bonds. The first-order valence-corrected chi connectivity index (χ1v) is 7.69. The smallest absolute Gasteiger partial charge is 0.321 e. The zero-order chi connectivity index (χ0) is 15.2. The zero-order valence-corrected chi connectivity index (χ0v) is 12.5. The number of carbonyl (C=O) groups excluding carboxylic acids is 1. The molecule has 0 bridgehead atoms. The van der Waals surface area contributed by atoms with Crippen molar-refractivity contribution in [2.24, 2.45) is 0 Å². The van der Waals surface area contributed by atoms with Gasteiger partial charge >= 0.3 is 5.97 Å². The maximum Gasteiger partial charge on any atom is 0.321 e. The fraction of sp³-hybridized carbons (Fsp3) is 0.357. The van der Waals surface area contributed by atoms with Gasteiger partial charge < -0.3 is 4.74 Å². The highest BCUT2D eigenvalue weighted by Crippen LogP contribution is 2.16. The topological polar surface area (TPSA) is 63.7 Å². The lowest BCUT2D eigenvalue weighted by Gasteiger charge is -2.19. The Kier molecular flexibility index (Phi) is 5.91. The van der Waals surface area contributed by atoms with Gasteiger partial charge in [-0.15, -0.1) is 6.58 Å². The Hall–Kier alpha value is -1.66. The van der Waals surface area contributed by atoms with Gasteiger partial charge in [-0.05, 0) is 31.5 Å². The van der Waals surface area contributed by atoms with Crippen LogP contribution in [0.15, 0.2) is 41.8 Å². The zero-order valence-electron chi connectivity index (χ0n) is 11.7. The van der Waals surface area contributed by atoms with Crippen LogP contribution in [-0.2, 0) is 19.6 Å². The van der Waals surface area contributed by atoms with Gasteiger partial charge in [-0.3, -0.25) is 4.79 Å². The van der Waals surface area contributed by atoms with E-state index in [1.54, 1.807) is 19.1 Å². The molecule has 0 radical (unpaired) electrons. The lowest BCUT2D eigenvalue weighted by molar-refractivity contribution is -0.143. The van der Waals surface area contributed by atoms with Gasteiger partial charge in [0.1, 0.15) is 6.54 Å². The second kappa shape index (κ2) is 7.21. The average Bonchev–Trinajstić information content (AvgIpc) is 2.38. The molecule has 110 valence electrons. The molecule has 0 atom stereocenters. The molecule has 0 aliphatic rings. The summed E-state index contributed by atoms with van der Waals surface area (Å²) in [6.45, 7) is 6.94. The molecule has 0 saturated heterocycles. The quantitative estimate of drug-likeness (QED) is 0.568. The molecule has 0 aliphatic heterocycles. The van der Waals surface area contributed by atoms with Crippen LogP contribution in [0.2, 0.25) is 0 Å². The fourth-order valence-corrected chi connectivity index (χ4v) is 3.13. The third-order valence-corrected chi connectivity index (χ3v) is 4.38. The number of esters is 1. The van der Waals surface area contributed by atoms with E-state index in [0.29, 0.717) is 0 Å². The molecule has 0 spiro atoms. The summed E-state index contributed by atoms with van der Waals surface area (Å²) in [7, 11) is -3.74. The van der Waals surface area contributed by atoms with Gasteiger partial charge in [-0.2, -0.15) is 4.31 Å². The minimum absolute atomic E-state index is 0.0507. The van der Waals surface area contributed by atoms with Crippen LogP contribution in [0, 0.1) is 6.92 Å². The molecule has 1 aromatic rings. The predicted molar refractivity (Wildman–Crippen MR) is 76.8 cm³/mol. The SMILES string of the molecule is C=CCN(CC(=O)OCC)S(=O)(=O)c1cccc(C)c1. The third kappa shape index (κ3) is 4.18. The van der Waals surface area contributed by atoms with Crippen LogP contribution in [0.1, 0.15) is 12.5 Å². The van der Waals surface area contributed by atoms with E-state index in [1.165, 1.54) is 12.1 Å². The van der Waals surface area contributed by atoms with E-state index in [9.17, 15) is 13.2 Å². The van der Waals surface area contributed by atoms with Crippen LogP contribution in [0.5, 0.6) is 0 Å². The van der Waals surface area contributed by atoms with Crippen molar-refractivity contribution < 1.29 is 17.9 Å². The first-order valence-electron chi connectivity index (χ1n) is 6.25. The molecule has 0 heterocycles. The second-order valence-corrected chi connectivity index (χ2v) is 6.15. The number of nitrogens with zero attached hydrogens (tertiary/aromatic N) is 1. The number of ether oxygens (including phenoxy) is 1. The van der Waals surface area contributed by atoms with Crippen molar-refractivity contribution in [2.45, 2.75) is 18.7 Å². The van der Waals surface area contributed by atoms with Crippen molar-refractivity contribution in [3.8, 4) is 0 Å². The standard InChI is InChI=1S/C14H19NO4S/c1-4-9-15(11-14(16)19-5-2)20(17,18)13-8-6-7-12(3)10-13/h4,6-8,10H,1,5,9,11H2,2-3H3. The number of sulfonamides is 1. The maximum absolute atomic E-state index is 12.5. The van der Waals surface area contributed by atoms with Gasteiger partial charge in [0.25, 0.3) is 0 Å². The first kappa shape index (κ1) is 16.4. The summed E-state index contributed by atoms with van der Waals surface area (Å²) < 4.78 is 30.8. The van der Waals surface area contributed by atoms with E-state index >= 15 is 0 Å². The number of hydrogen-bond acceptors (Lipinski definition) is 4. The first-order chi connectivity index (χ1) is 9.41. The summed E-state index contributed by atoms with van der Waals surface area (Å²) >= 11 is 0. The highest BCUT2D eigenvalue weighted by molar-refractivity contribution is 7.89. The number of benzene rings is 1. The maximum atomic E-state index is 12.5. The lowest BCUT2D eigenvalue weighted by Crippen LogP contribution is -2.36. The van der Waals surface area contributed by atoms with Crippen LogP contribution in [0.4, 0.5) is 0 Å². The molecule has 5 nitrogen and oxygen atoms in total. The van der Waals surface area contributed by atoms with E-state index < -0.39 is 16.0 Å². The summed E-state index contributed by atoms with van der Waals surface area (Å²) in [5.41, 5.74) is 0.834. The number of carbonyl (C=O) groups is 1. The number of aryl methyl sites for hydroxylation is 1. The van der Waals surface area contributed by atoms with Crippen LogP contribution < -0.4 is 0 Å². The highest BCUT2D eigenvalue weighted by Gasteiger charge is 2.26. The normalized spacial score (nSPS) is 11.3. The van der Waals surface area contributed by atoms with Gasteiger partial charge in [0.05, 0.1) is 11.5 Å². The van der Waals surface area contributed by atoms with E-state index in [1.807, 2.05) is 13.0 Å².